The molecule has 74 valence electrons. The molecule has 0 aliphatic heterocycles. The number of rotatable bonds is 1. The van der Waals surface area contributed by atoms with E-state index in [9.17, 15) is 9.50 Å². The number of benzene rings is 1. The Bertz CT molecular complexity index is 395. The summed E-state index contributed by atoms with van der Waals surface area (Å²) < 4.78 is 12.9. The van der Waals surface area contributed by atoms with Crippen LogP contribution in [0.3, 0.4) is 0 Å². The standard InChI is InChI=1S/C10H9ClFNO/c11-8-5-7(3-1-2-4-13)10(14)9(12)6-8/h5-6,14H,2,4,13H2. The van der Waals surface area contributed by atoms with Crippen molar-refractivity contribution in [2.24, 2.45) is 5.73 Å². The van der Waals surface area contributed by atoms with Crippen LogP contribution in [0.15, 0.2) is 12.1 Å². The molecule has 0 aliphatic rings. The smallest absolute Gasteiger partial charge is 0.167 e. The molecule has 0 spiro atoms. The van der Waals surface area contributed by atoms with Crippen molar-refractivity contribution in [1.29, 1.82) is 0 Å². The van der Waals surface area contributed by atoms with E-state index in [4.69, 9.17) is 17.3 Å². The Hall–Kier alpha value is -1.24. The predicted molar refractivity (Wildman–Crippen MR) is 53.6 cm³/mol. The van der Waals surface area contributed by atoms with Crippen molar-refractivity contribution < 1.29 is 9.50 Å². The maximum atomic E-state index is 12.9. The van der Waals surface area contributed by atoms with Gasteiger partial charge in [0.1, 0.15) is 0 Å². The Balaban J connectivity index is 3.04. The molecule has 0 saturated carbocycles. The highest BCUT2D eigenvalue weighted by Crippen LogP contribution is 2.24. The van der Waals surface area contributed by atoms with Crippen molar-refractivity contribution in [1.82, 2.24) is 0 Å². The minimum Gasteiger partial charge on any atom is -0.504 e. The van der Waals surface area contributed by atoms with E-state index in [1.165, 1.54) is 6.07 Å². The van der Waals surface area contributed by atoms with E-state index in [0.29, 0.717) is 13.0 Å². The largest absolute Gasteiger partial charge is 0.504 e. The fraction of sp³-hybridized carbons (Fsp3) is 0.200. The molecule has 0 radical (unpaired) electrons. The van der Waals surface area contributed by atoms with E-state index in [0.717, 1.165) is 6.07 Å². The van der Waals surface area contributed by atoms with E-state index < -0.39 is 11.6 Å². The fourth-order valence-electron chi connectivity index (χ4n) is 0.891. The summed E-state index contributed by atoms with van der Waals surface area (Å²) in [5.41, 5.74) is 5.41. The average Bonchev–Trinajstić information content (AvgIpc) is 2.13. The number of halogens is 2. The van der Waals surface area contributed by atoms with Gasteiger partial charge in [0, 0.05) is 18.0 Å². The van der Waals surface area contributed by atoms with Crippen molar-refractivity contribution in [2.45, 2.75) is 6.42 Å². The van der Waals surface area contributed by atoms with Gasteiger partial charge in [0.05, 0.1) is 5.56 Å². The normalized spacial score (nSPS) is 9.36. The minimum absolute atomic E-state index is 0.184. The summed E-state index contributed by atoms with van der Waals surface area (Å²) in [4.78, 5) is 0. The van der Waals surface area contributed by atoms with Crippen molar-refractivity contribution in [2.75, 3.05) is 6.54 Å². The lowest BCUT2D eigenvalue weighted by atomic mass is 10.2. The van der Waals surface area contributed by atoms with Crippen LogP contribution in [-0.2, 0) is 0 Å². The maximum Gasteiger partial charge on any atom is 0.167 e. The Kier molecular flexibility index (Phi) is 3.75. The van der Waals surface area contributed by atoms with E-state index in [2.05, 4.69) is 11.8 Å². The maximum absolute atomic E-state index is 12.9. The lowest BCUT2D eigenvalue weighted by molar-refractivity contribution is 0.431. The second kappa shape index (κ2) is 4.85. The van der Waals surface area contributed by atoms with E-state index >= 15 is 0 Å². The van der Waals surface area contributed by atoms with Crippen LogP contribution in [0.2, 0.25) is 5.02 Å². The van der Waals surface area contributed by atoms with Gasteiger partial charge in [-0.25, -0.2) is 4.39 Å². The van der Waals surface area contributed by atoms with Crippen LogP contribution in [-0.4, -0.2) is 11.7 Å². The van der Waals surface area contributed by atoms with Gasteiger partial charge in [-0.1, -0.05) is 23.4 Å². The highest BCUT2D eigenvalue weighted by atomic mass is 35.5. The van der Waals surface area contributed by atoms with Crippen LogP contribution < -0.4 is 5.73 Å². The molecule has 0 bridgehead atoms. The summed E-state index contributed by atoms with van der Waals surface area (Å²) >= 11 is 5.59. The van der Waals surface area contributed by atoms with Crippen LogP contribution in [0, 0.1) is 17.7 Å². The summed E-state index contributed by atoms with van der Waals surface area (Å²) in [6.07, 6.45) is 0.494. The summed E-state index contributed by atoms with van der Waals surface area (Å²) in [5, 5.41) is 9.46. The minimum atomic E-state index is -0.769. The Labute approximate surface area is 86.5 Å². The second-order valence-electron chi connectivity index (χ2n) is 2.62. The van der Waals surface area contributed by atoms with Crippen molar-refractivity contribution in [3.8, 4) is 17.6 Å². The van der Waals surface area contributed by atoms with Crippen LogP contribution >= 0.6 is 11.6 Å². The summed E-state index contributed by atoms with van der Waals surface area (Å²) in [5.74, 6) is 4.04. The first kappa shape index (κ1) is 10.8. The van der Waals surface area contributed by atoms with Crippen molar-refractivity contribution in [3.63, 3.8) is 0 Å². The number of hydrogen-bond donors (Lipinski definition) is 2. The molecule has 0 fully saturated rings. The lowest BCUT2D eigenvalue weighted by Crippen LogP contribution is -1.95. The highest BCUT2D eigenvalue weighted by molar-refractivity contribution is 6.30. The number of hydrogen-bond acceptors (Lipinski definition) is 2. The molecule has 1 aromatic rings. The second-order valence-corrected chi connectivity index (χ2v) is 3.06. The Morgan fingerprint density at radius 2 is 2.21 bits per heavy atom. The average molecular weight is 214 g/mol. The number of aromatic hydroxyl groups is 1. The topological polar surface area (TPSA) is 46.2 Å². The van der Waals surface area contributed by atoms with Gasteiger partial charge in [-0.05, 0) is 12.1 Å². The zero-order valence-electron chi connectivity index (χ0n) is 7.35. The zero-order valence-corrected chi connectivity index (χ0v) is 8.11. The van der Waals surface area contributed by atoms with E-state index in [-0.39, 0.29) is 10.6 Å². The summed E-state index contributed by atoms with van der Waals surface area (Å²) in [6, 6.07) is 2.44. The van der Waals surface area contributed by atoms with Crippen LogP contribution in [0.25, 0.3) is 0 Å². The third kappa shape index (κ3) is 2.63. The van der Waals surface area contributed by atoms with Gasteiger partial charge in [-0.15, -0.1) is 0 Å². The third-order valence-electron chi connectivity index (χ3n) is 1.52. The molecule has 0 atom stereocenters. The molecule has 0 saturated heterocycles. The predicted octanol–water partition coefficient (Wildman–Crippen LogP) is 1.89. The van der Waals surface area contributed by atoms with Gasteiger partial charge >= 0.3 is 0 Å². The van der Waals surface area contributed by atoms with E-state index in [1.807, 2.05) is 0 Å². The molecule has 4 heteroatoms. The first-order valence-electron chi connectivity index (χ1n) is 4.02. The van der Waals surface area contributed by atoms with Gasteiger partial charge in [-0.2, -0.15) is 0 Å². The van der Waals surface area contributed by atoms with Gasteiger partial charge in [0.2, 0.25) is 0 Å². The third-order valence-corrected chi connectivity index (χ3v) is 1.74. The first-order valence-corrected chi connectivity index (χ1v) is 4.40. The number of phenolic OH excluding ortho intramolecular Hbond substituents is 1. The van der Waals surface area contributed by atoms with Crippen LogP contribution in [0.1, 0.15) is 12.0 Å². The molecular formula is C10H9ClFNO. The van der Waals surface area contributed by atoms with Crippen molar-refractivity contribution in [3.05, 3.63) is 28.5 Å². The van der Waals surface area contributed by atoms with Gasteiger partial charge < -0.3 is 10.8 Å². The SMILES string of the molecule is NCCC#Cc1cc(Cl)cc(F)c1O. The fourth-order valence-corrected chi connectivity index (χ4v) is 1.10. The molecule has 3 N–H and O–H groups in total. The van der Waals surface area contributed by atoms with Gasteiger partial charge in [0.15, 0.2) is 11.6 Å². The molecule has 14 heavy (non-hydrogen) atoms. The first-order chi connectivity index (χ1) is 6.65. The van der Waals surface area contributed by atoms with Gasteiger partial charge in [0.25, 0.3) is 0 Å². The summed E-state index contributed by atoms with van der Waals surface area (Å²) in [6.45, 7) is 0.427. The molecule has 1 rings (SSSR count). The molecule has 0 amide bonds. The molecule has 1 aromatic carbocycles. The molecular weight excluding hydrogens is 205 g/mol. The Morgan fingerprint density at radius 1 is 1.50 bits per heavy atom. The molecule has 0 aliphatic carbocycles. The van der Waals surface area contributed by atoms with Crippen molar-refractivity contribution >= 4 is 11.6 Å². The monoisotopic (exact) mass is 213 g/mol. The summed E-state index contributed by atoms with van der Waals surface area (Å²) in [7, 11) is 0. The number of nitrogens with two attached hydrogens (primary N) is 1. The molecule has 0 unspecified atom stereocenters. The zero-order chi connectivity index (χ0) is 10.6. The highest BCUT2D eigenvalue weighted by Gasteiger charge is 2.06. The van der Waals surface area contributed by atoms with Crippen LogP contribution in [0.5, 0.6) is 5.75 Å². The quantitative estimate of drug-likeness (QED) is 0.700. The lowest BCUT2D eigenvalue weighted by Gasteiger charge is -1.99. The molecule has 2 nitrogen and oxygen atoms in total. The van der Waals surface area contributed by atoms with Gasteiger partial charge in [-0.3, -0.25) is 0 Å². The van der Waals surface area contributed by atoms with E-state index in [1.54, 1.807) is 0 Å². The molecule has 0 heterocycles. The van der Waals surface area contributed by atoms with Crippen LogP contribution in [0.4, 0.5) is 4.39 Å². The Morgan fingerprint density at radius 3 is 2.86 bits per heavy atom. The molecule has 0 aromatic heterocycles. The number of phenols is 1.